The summed E-state index contributed by atoms with van der Waals surface area (Å²) in [6, 6.07) is 9.67. The number of ether oxygens (including phenoxy) is 4. The minimum atomic E-state index is -0.789. The van der Waals surface area contributed by atoms with E-state index in [9.17, 15) is 14.7 Å². The fourth-order valence-corrected chi connectivity index (χ4v) is 4.32. The Bertz CT molecular complexity index is 1120. The van der Waals surface area contributed by atoms with Crippen molar-refractivity contribution < 1.29 is 33.6 Å². The van der Waals surface area contributed by atoms with Gasteiger partial charge in [-0.2, -0.15) is 0 Å². The predicted octanol–water partition coefficient (Wildman–Crippen LogP) is 4.65. The molecule has 1 fully saturated rings. The molecule has 1 heterocycles. The first kappa shape index (κ1) is 27.1. The number of unbranched alkanes of at least 4 members (excludes halogenated alkanes) is 1. The third-order valence-corrected chi connectivity index (χ3v) is 6.21. The van der Waals surface area contributed by atoms with Gasteiger partial charge in [-0.25, -0.2) is 0 Å². The van der Waals surface area contributed by atoms with E-state index in [0.717, 1.165) is 18.4 Å². The van der Waals surface area contributed by atoms with Crippen LogP contribution < -0.4 is 14.2 Å². The van der Waals surface area contributed by atoms with Gasteiger partial charge in [-0.05, 0) is 61.2 Å². The van der Waals surface area contributed by atoms with Crippen LogP contribution in [0.1, 0.15) is 48.9 Å². The molecule has 1 aliphatic rings. The maximum Gasteiger partial charge on any atom is 0.295 e. The number of amides is 1. The summed E-state index contributed by atoms with van der Waals surface area (Å²) in [5.74, 6) is 0.103. The molecule has 0 radical (unpaired) electrons. The summed E-state index contributed by atoms with van der Waals surface area (Å²) in [5.41, 5.74) is 1.89. The van der Waals surface area contributed by atoms with E-state index in [0.29, 0.717) is 54.6 Å². The van der Waals surface area contributed by atoms with Gasteiger partial charge in [-0.1, -0.05) is 19.4 Å². The molecule has 8 nitrogen and oxygen atoms in total. The molecule has 2 aromatic carbocycles. The number of rotatable bonds is 12. The highest BCUT2D eigenvalue weighted by atomic mass is 16.5. The van der Waals surface area contributed by atoms with Gasteiger partial charge in [0.2, 0.25) is 0 Å². The average molecular weight is 498 g/mol. The van der Waals surface area contributed by atoms with E-state index in [1.54, 1.807) is 57.7 Å². The fourth-order valence-electron chi connectivity index (χ4n) is 4.32. The summed E-state index contributed by atoms with van der Waals surface area (Å²) in [6.45, 7) is 5.21. The minimum Gasteiger partial charge on any atom is -0.507 e. The Labute approximate surface area is 212 Å². The minimum absolute atomic E-state index is 0.0312. The number of ketones is 1. The van der Waals surface area contributed by atoms with Crippen molar-refractivity contribution in [3.8, 4) is 17.2 Å². The van der Waals surface area contributed by atoms with Crippen LogP contribution in [0.3, 0.4) is 0 Å². The standard InChI is InChI=1S/C28H35NO7/c1-6-7-15-36-22-12-9-19(17-23(22)35-5)25-24(27(31)28(32)29(25)13-8-14-33-3)26(30)20-10-11-21(34-4)18(2)16-20/h9-12,16-17,25,30H,6-8,13-15H2,1-5H3/t25-/m0/s1. The van der Waals surface area contributed by atoms with E-state index in [-0.39, 0.29) is 11.3 Å². The van der Waals surface area contributed by atoms with Crippen LogP contribution >= 0.6 is 0 Å². The third kappa shape index (κ3) is 5.65. The van der Waals surface area contributed by atoms with Gasteiger partial charge < -0.3 is 29.0 Å². The molecule has 2 aromatic rings. The van der Waals surface area contributed by atoms with E-state index >= 15 is 0 Å². The molecule has 1 aliphatic heterocycles. The topological polar surface area (TPSA) is 94.5 Å². The number of aryl methyl sites for hydroxylation is 1. The first-order chi connectivity index (χ1) is 17.4. The molecular formula is C28H35NO7. The fraction of sp³-hybridized carbons (Fsp3) is 0.429. The first-order valence-corrected chi connectivity index (χ1v) is 12.1. The lowest BCUT2D eigenvalue weighted by molar-refractivity contribution is -0.140. The zero-order valence-electron chi connectivity index (χ0n) is 21.6. The van der Waals surface area contributed by atoms with Crippen molar-refractivity contribution >= 4 is 17.4 Å². The van der Waals surface area contributed by atoms with Gasteiger partial charge in [0.15, 0.2) is 11.5 Å². The van der Waals surface area contributed by atoms with E-state index in [1.807, 2.05) is 6.92 Å². The lowest BCUT2D eigenvalue weighted by Crippen LogP contribution is -2.31. The first-order valence-electron chi connectivity index (χ1n) is 12.1. The number of methoxy groups -OCH3 is 3. The Morgan fingerprint density at radius 3 is 2.31 bits per heavy atom. The summed E-state index contributed by atoms with van der Waals surface area (Å²) in [7, 11) is 4.69. The molecule has 1 saturated heterocycles. The zero-order valence-corrected chi connectivity index (χ0v) is 21.6. The van der Waals surface area contributed by atoms with Crippen molar-refractivity contribution in [1.82, 2.24) is 4.90 Å². The van der Waals surface area contributed by atoms with Crippen LogP contribution in [-0.4, -0.2) is 62.8 Å². The van der Waals surface area contributed by atoms with Crippen molar-refractivity contribution in [2.24, 2.45) is 0 Å². The van der Waals surface area contributed by atoms with Gasteiger partial charge in [0.05, 0.1) is 32.4 Å². The largest absolute Gasteiger partial charge is 0.507 e. The van der Waals surface area contributed by atoms with E-state index in [1.165, 1.54) is 4.90 Å². The Morgan fingerprint density at radius 2 is 1.67 bits per heavy atom. The Kier molecular flexibility index (Phi) is 9.36. The predicted molar refractivity (Wildman–Crippen MR) is 137 cm³/mol. The summed E-state index contributed by atoms with van der Waals surface area (Å²) in [4.78, 5) is 27.8. The monoisotopic (exact) mass is 497 g/mol. The molecule has 0 spiro atoms. The number of benzene rings is 2. The average Bonchev–Trinajstić information content (AvgIpc) is 3.13. The van der Waals surface area contributed by atoms with Crippen LogP contribution in [0.2, 0.25) is 0 Å². The smallest absolute Gasteiger partial charge is 0.295 e. The zero-order chi connectivity index (χ0) is 26.2. The summed E-state index contributed by atoms with van der Waals surface area (Å²) in [5, 5.41) is 11.3. The quantitative estimate of drug-likeness (QED) is 0.197. The number of aliphatic hydroxyl groups excluding tert-OH is 1. The van der Waals surface area contributed by atoms with E-state index in [2.05, 4.69) is 6.92 Å². The van der Waals surface area contributed by atoms with Gasteiger partial charge in [-0.15, -0.1) is 0 Å². The molecule has 0 aliphatic carbocycles. The van der Waals surface area contributed by atoms with Crippen LogP contribution in [0.25, 0.3) is 5.76 Å². The Hall–Kier alpha value is -3.52. The number of hydrogen-bond donors (Lipinski definition) is 1. The maximum absolute atomic E-state index is 13.2. The molecule has 0 unspecified atom stereocenters. The van der Waals surface area contributed by atoms with Gasteiger partial charge in [0.1, 0.15) is 11.5 Å². The van der Waals surface area contributed by atoms with Gasteiger partial charge in [-0.3, -0.25) is 9.59 Å². The van der Waals surface area contributed by atoms with Crippen molar-refractivity contribution in [3.05, 3.63) is 58.7 Å². The second kappa shape index (κ2) is 12.4. The lowest BCUT2D eigenvalue weighted by atomic mass is 9.94. The van der Waals surface area contributed by atoms with Crippen LogP contribution in [0, 0.1) is 6.92 Å². The van der Waals surface area contributed by atoms with Crippen molar-refractivity contribution in [2.45, 2.75) is 39.2 Å². The third-order valence-electron chi connectivity index (χ3n) is 6.21. The van der Waals surface area contributed by atoms with E-state index < -0.39 is 17.7 Å². The van der Waals surface area contributed by atoms with Gasteiger partial charge >= 0.3 is 0 Å². The maximum atomic E-state index is 13.2. The molecule has 8 heteroatoms. The second-order valence-electron chi connectivity index (χ2n) is 8.64. The molecule has 0 saturated carbocycles. The van der Waals surface area contributed by atoms with Gasteiger partial charge in [0.25, 0.3) is 11.7 Å². The molecule has 3 rings (SSSR count). The summed E-state index contributed by atoms with van der Waals surface area (Å²) < 4.78 is 21.9. The van der Waals surface area contributed by atoms with E-state index in [4.69, 9.17) is 18.9 Å². The van der Waals surface area contributed by atoms with Gasteiger partial charge in [0, 0.05) is 25.8 Å². The molecule has 1 N–H and O–H groups in total. The van der Waals surface area contributed by atoms with Crippen molar-refractivity contribution in [3.63, 3.8) is 0 Å². The number of aliphatic hydroxyl groups is 1. The normalized spacial score (nSPS) is 16.9. The molecule has 1 amide bonds. The second-order valence-corrected chi connectivity index (χ2v) is 8.64. The SMILES string of the molecule is CCCCOc1ccc([C@H]2C(=C(O)c3ccc(OC)c(C)c3)C(=O)C(=O)N2CCCOC)cc1OC. The summed E-state index contributed by atoms with van der Waals surface area (Å²) >= 11 is 0. The summed E-state index contributed by atoms with van der Waals surface area (Å²) in [6.07, 6.45) is 2.45. The Morgan fingerprint density at radius 1 is 0.944 bits per heavy atom. The molecule has 194 valence electrons. The highest BCUT2D eigenvalue weighted by Crippen LogP contribution is 2.42. The number of likely N-dealkylation sites (tertiary alicyclic amines) is 1. The van der Waals surface area contributed by atoms with Crippen molar-refractivity contribution in [1.29, 1.82) is 0 Å². The highest BCUT2D eigenvalue weighted by molar-refractivity contribution is 6.46. The van der Waals surface area contributed by atoms with Crippen LogP contribution in [0.4, 0.5) is 0 Å². The number of Topliss-reactive ketones (excluding diaryl/α,β-unsaturated/α-hetero) is 1. The van der Waals surface area contributed by atoms with Crippen molar-refractivity contribution in [2.75, 3.05) is 41.1 Å². The van der Waals surface area contributed by atoms with Crippen LogP contribution in [-0.2, 0) is 14.3 Å². The molecule has 1 atom stereocenters. The Balaban J connectivity index is 2.11. The molecular weight excluding hydrogens is 462 g/mol. The van der Waals surface area contributed by atoms with Crippen LogP contribution in [0.15, 0.2) is 42.0 Å². The molecule has 0 aromatic heterocycles. The number of nitrogens with zero attached hydrogens (tertiary/aromatic N) is 1. The lowest BCUT2D eigenvalue weighted by Gasteiger charge is -2.26. The highest BCUT2D eigenvalue weighted by Gasteiger charge is 2.46. The molecule has 36 heavy (non-hydrogen) atoms. The number of hydrogen-bond acceptors (Lipinski definition) is 7. The molecule has 0 bridgehead atoms. The number of carbonyl (C=O) groups is 2. The van der Waals surface area contributed by atoms with Crippen LogP contribution in [0.5, 0.6) is 17.2 Å². The number of carbonyl (C=O) groups excluding carboxylic acids is 2.